The first-order valence-corrected chi connectivity index (χ1v) is 5.67. The Bertz CT molecular complexity index is 250. The first-order valence-electron chi connectivity index (χ1n) is 5.67. The molecule has 15 heavy (non-hydrogen) atoms. The van der Waals surface area contributed by atoms with Gasteiger partial charge >= 0.3 is 6.09 Å². The lowest BCUT2D eigenvalue weighted by atomic mass is 9.86. The summed E-state index contributed by atoms with van der Waals surface area (Å²) >= 11 is 0. The quantitative estimate of drug-likeness (QED) is 0.710. The van der Waals surface area contributed by atoms with Gasteiger partial charge in [0, 0.05) is 25.0 Å². The number of rotatable bonds is 1. The molecule has 0 aromatic rings. The molecule has 2 heterocycles. The Morgan fingerprint density at radius 1 is 1.40 bits per heavy atom. The zero-order chi connectivity index (χ0) is 11.1. The summed E-state index contributed by atoms with van der Waals surface area (Å²) in [5, 5.41) is 3.38. The topological polar surface area (TPSA) is 41.6 Å². The Hall–Kier alpha value is -0.770. The van der Waals surface area contributed by atoms with Crippen molar-refractivity contribution in [2.75, 3.05) is 19.6 Å². The van der Waals surface area contributed by atoms with E-state index in [1.165, 1.54) is 6.42 Å². The minimum Gasteiger partial charge on any atom is -0.444 e. The van der Waals surface area contributed by atoms with E-state index < -0.39 is 0 Å². The largest absolute Gasteiger partial charge is 0.444 e. The zero-order valence-corrected chi connectivity index (χ0v) is 9.75. The summed E-state index contributed by atoms with van der Waals surface area (Å²) < 4.78 is 5.29. The van der Waals surface area contributed by atoms with Gasteiger partial charge in [-0.1, -0.05) is 0 Å². The van der Waals surface area contributed by atoms with Crippen molar-refractivity contribution in [2.24, 2.45) is 5.92 Å². The van der Waals surface area contributed by atoms with Crippen LogP contribution < -0.4 is 5.32 Å². The molecule has 0 radical (unpaired) electrons. The smallest absolute Gasteiger partial charge is 0.410 e. The van der Waals surface area contributed by atoms with E-state index >= 15 is 0 Å². The van der Waals surface area contributed by atoms with E-state index in [0.717, 1.165) is 19.6 Å². The fourth-order valence-corrected chi connectivity index (χ4v) is 1.96. The van der Waals surface area contributed by atoms with Crippen molar-refractivity contribution in [1.82, 2.24) is 10.2 Å². The molecule has 2 rings (SSSR count). The van der Waals surface area contributed by atoms with Crippen molar-refractivity contribution in [2.45, 2.75) is 38.8 Å². The molecule has 2 aliphatic heterocycles. The summed E-state index contributed by atoms with van der Waals surface area (Å²) in [5.74, 6) is 0.645. The van der Waals surface area contributed by atoms with Gasteiger partial charge in [-0.15, -0.1) is 0 Å². The van der Waals surface area contributed by atoms with Crippen LogP contribution in [-0.2, 0) is 4.74 Å². The fourth-order valence-electron chi connectivity index (χ4n) is 1.96. The second-order valence-corrected chi connectivity index (χ2v) is 5.49. The molecule has 4 heteroatoms. The van der Waals surface area contributed by atoms with Crippen molar-refractivity contribution in [3.8, 4) is 0 Å². The van der Waals surface area contributed by atoms with Crippen molar-refractivity contribution in [3.05, 3.63) is 0 Å². The van der Waals surface area contributed by atoms with E-state index in [2.05, 4.69) is 5.32 Å². The predicted molar refractivity (Wildman–Crippen MR) is 57.7 cm³/mol. The Morgan fingerprint density at radius 2 is 2.00 bits per heavy atom. The van der Waals surface area contributed by atoms with Crippen LogP contribution in [0.25, 0.3) is 0 Å². The molecule has 2 fully saturated rings. The van der Waals surface area contributed by atoms with Crippen molar-refractivity contribution in [3.63, 3.8) is 0 Å². The molecule has 2 saturated heterocycles. The molecule has 4 nitrogen and oxygen atoms in total. The first kappa shape index (κ1) is 10.7. The summed E-state index contributed by atoms with van der Waals surface area (Å²) in [6, 6.07) is 0.642. The molecule has 0 saturated carbocycles. The normalized spacial score (nSPS) is 26.9. The van der Waals surface area contributed by atoms with Crippen molar-refractivity contribution >= 4 is 6.09 Å². The monoisotopic (exact) mass is 212 g/mol. The molecule has 0 aromatic heterocycles. The van der Waals surface area contributed by atoms with E-state index in [-0.39, 0.29) is 11.7 Å². The Balaban J connectivity index is 1.71. The molecular weight excluding hydrogens is 192 g/mol. The third-order valence-corrected chi connectivity index (χ3v) is 2.99. The highest BCUT2D eigenvalue weighted by Crippen LogP contribution is 2.25. The van der Waals surface area contributed by atoms with E-state index in [1.54, 1.807) is 4.90 Å². The van der Waals surface area contributed by atoms with Crippen LogP contribution >= 0.6 is 0 Å². The summed E-state index contributed by atoms with van der Waals surface area (Å²) in [6.07, 6.45) is 1.09. The van der Waals surface area contributed by atoms with Gasteiger partial charge in [-0.2, -0.15) is 0 Å². The van der Waals surface area contributed by atoms with Crippen molar-refractivity contribution < 1.29 is 9.53 Å². The maximum Gasteiger partial charge on any atom is 0.410 e. The maximum absolute atomic E-state index is 11.6. The number of carbonyl (C=O) groups excluding carboxylic acids is 1. The Morgan fingerprint density at radius 3 is 2.40 bits per heavy atom. The molecule has 0 spiro atoms. The number of nitrogens with one attached hydrogen (secondary N) is 1. The number of likely N-dealkylation sites (tertiary alicyclic amines) is 1. The van der Waals surface area contributed by atoms with E-state index in [4.69, 9.17) is 4.74 Å². The summed E-state index contributed by atoms with van der Waals surface area (Å²) in [6.45, 7) is 8.54. The molecule has 0 aliphatic carbocycles. The molecule has 1 atom stereocenters. The lowest BCUT2D eigenvalue weighted by Crippen LogP contribution is -2.62. The van der Waals surface area contributed by atoms with Crippen LogP contribution in [0.15, 0.2) is 0 Å². The lowest BCUT2D eigenvalue weighted by Gasteiger charge is -2.46. The highest BCUT2D eigenvalue weighted by Gasteiger charge is 2.39. The molecule has 86 valence electrons. The van der Waals surface area contributed by atoms with Crippen LogP contribution in [0.1, 0.15) is 27.2 Å². The van der Waals surface area contributed by atoms with Gasteiger partial charge in [0.15, 0.2) is 0 Å². The average molecular weight is 212 g/mol. The first-order chi connectivity index (χ1) is 6.96. The van der Waals surface area contributed by atoms with Gasteiger partial charge in [0.05, 0.1) is 0 Å². The number of nitrogens with zero attached hydrogens (tertiary/aromatic N) is 1. The SMILES string of the molecule is CC(C)(C)OC(=O)N1CC([C@@H]2CCN2)C1. The molecule has 0 unspecified atom stereocenters. The minimum atomic E-state index is -0.378. The number of amides is 1. The van der Waals surface area contributed by atoms with Gasteiger partial charge in [0.25, 0.3) is 0 Å². The second kappa shape index (κ2) is 3.67. The molecule has 0 bridgehead atoms. The van der Waals surface area contributed by atoms with Crippen LogP contribution in [0.5, 0.6) is 0 Å². The van der Waals surface area contributed by atoms with Crippen LogP contribution in [-0.4, -0.2) is 42.3 Å². The minimum absolute atomic E-state index is 0.168. The standard InChI is InChI=1S/C11H20N2O2/c1-11(2,3)15-10(14)13-6-8(7-13)9-4-5-12-9/h8-9,12H,4-7H2,1-3H3/t9-/m0/s1. The zero-order valence-electron chi connectivity index (χ0n) is 9.75. The van der Waals surface area contributed by atoms with E-state index in [1.807, 2.05) is 20.8 Å². The third kappa shape index (κ3) is 2.43. The third-order valence-electron chi connectivity index (χ3n) is 2.99. The maximum atomic E-state index is 11.6. The number of ether oxygens (including phenoxy) is 1. The van der Waals surface area contributed by atoms with Gasteiger partial charge < -0.3 is 15.0 Å². The predicted octanol–water partition coefficient (Wildman–Crippen LogP) is 1.22. The fraction of sp³-hybridized carbons (Fsp3) is 0.909. The van der Waals surface area contributed by atoms with Crippen LogP contribution in [0.3, 0.4) is 0 Å². The Labute approximate surface area is 91.0 Å². The van der Waals surface area contributed by atoms with Crippen molar-refractivity contribution in [1.29, 1.82) is 0 Å². The highest BCUT2D eigenvalue weighted by molar-refractivity contribution is 5.69. The van der Waals surface area contributed by atoms with Gasteiger partial charge in [0.1, 0.15) is 5.60 Å². The summed E-state index contributed by atoms with van der Waals surface area (Å²) in [5.41, 5.74) is -0.378. The Kier molecular flexibility index (Phi) is 2.63. The highest BCUT2D eigenvalue weighted by atomic mass is 16.6. The molecule has 2 aliphatic rings. The summed E-state index contributed by atoms with van der Waals surface area (Å²) in [4.78, 5) is 13.4. The number of hydrogen-bond acceptors (Lipinski definition) is 3. The van der Waals surface area contributed by atoms with Gasteiger partial charge in [-0.3, -0.25) is 0 Å². The molecule has 1 amide bonds. The van der Waals surface area contributed by atoms with E-state index in [9.17, 15) is 4.79 Å². The van der Waals surface area contributed by atoms with Gasteiger partial charge in [-0.05, 0) is 33.7 Å². The van der Waals surface area contributed by atoms with Crippen LogP contribution in [0.2, 0.25) is 0 Å². The number of carbonyl (C=O) groups is 1. The molecular formula is C11H20N2O2. The van der Waals surface area contributed by atoms with Gasteiger partial charge in [-0.25, -0.2) is 4.79 Å². The van der Waals surface area contributed by atoms with Gasteiger partial charge in [0.2, 0.25) is 0 Å². The van der Waals surface area contributed by atoms with Crippen LogP contribution in [0.4, 0.5) is 4.79 Å². The molecule has 1 N–H and O–H groups in total. The summed E-state index contributed by atoms with van der Waals surface area (Å²) in [7, 11) is 0. The van der Waals surface area contributed by atoms with E-state index in [0.29, 0.717) is 12.0 Å². The second-order valence-electron chi connectivity index (χ2n) is 5.49. The number of hydrogen-bond donors (Lipinski definition) is 1. The lowest BCUT2D eigenvalue weighted by molar-refractivity contribution is -0.0114. The average Bonchev–Trinajstić information content (AvgIpc) is 1.86. The van der Waals surface area contributed by atoms with Crippen LogP contribution in [0, 0.1) is 5.92 Å². The molecule has 0 aromatic carbocycles.